The van der Waals surface area contributed by atoms with Crippen LogP contribution in [-0.2, 0) is 4.79 Å². The molecule has 0 aliphatic carbocycles. The average Bonchev–Trinajstić information content (AvgIpc) is 2.83. The third-order valence-corrected chi connectivity index (χ3v) is 6.09. The van der Waals surface area contributed by atoms with E-state index in [1.165, 1.54) is 16.8 Å². The third kappa shape index (κ3) is 5.61. The highest BCUT2D eigenvalue weighted by Gasteiger charge is 2.33. The number of aldehydes is 1. The number of carbonyl (C=O) groups excluding carboxylic acids is 2. The van der Waals surface area contributed by atoms with Crippen LogP contribution in [0.1, 0.15) is 47.8 Å². The molecule has 1 amide bonds. The van der Waals surface area contributed by atoms with E-state index < -0.39 is 0 Å². The Bertz CT molecular complexity index is 1090. The van der Waals surface area contributed by atoms with Crippen LogP contribution in [-0.4, -0.2) is 32.4 Å². The van der Waals surface area contributed by atoms with Gasteiger partial charge in [-0.1, -0.05) is 48.0 Å². The summed E-state index contributed by atoms with van der Waals surface area (Å²) in [6.07, 6.45) is 1.73. The lowest BCUT2D eigenvalue weighted by atomic mass is 9.90. The van der Waals surface area contributed by atoms with E-state index in [9.17, 15) is 9.59 Å². The molecule has 3 aromatic carbocycles. The van der Waals surface area contributed by atoms with E-state index >= 15 is 0 Å². The number of ether oxygens (including phenoxy) is 1. The number of anilines is 2. The predicted octanol–water partition coefficient (Wildman–Crippen LogP) is 5.83. The fraction of sp³-hybridized carbons (Fsp3) is 0.286. The number of nitrogens with zero attached hydrogens (tertiary/aromatic N) is 2. The summed E-state index contributed by atoms with van der Waals surface area (Å²) in [7, 11) is 3.70. The number of rotatable bonds is 4. The van der Waals surface area contributed by atoms with Gasteiger partial charge in [0.05, 0.1) is 13.2 Å². The van der Waals surface area contributed by atoms with E-state index in [-0.39, 0.29) is 11.9 Å². The number of hydrogen-bond donors (Lipinski definition) is 0. The zero-order valence-electron chi connectivity index (χ0n) is 20.0. The molecule has 0 N–H and O–H groups in total. The summed E-state index contributed by atoms with van der Waals surface area (Å²) in [6.45, 7) is 5.94. The maximum atomic E-state index is 12.4. The van der Waals surface area contributed by atoms with Crippen molar-refractivity contribution >= 4 is 23.6 Å². The van der Waals surface area contributed by atoms with Gasteiger partial charge in [0.1, 0.15) is 12.0 Å². The smallest absolute Gasteiger partial charge is 0.224 e. The summed E-state index contributed by atoms with van der Waals surface area (Å²) in [5, 5.41) is 0. The minimum atomic E-state index is 0.0811. The molecular weight excluding hydrogens is 412 g/mol. The number of amides is 1. The Balaban J connectivity index is 0.000000257. The fourth-order valence-corrected chi connectivity index (χ4v) is 4.18. The maximum Gasteiger partial charge on any atom is 0.224 e. The van der Waals surface area contributed by atoms with E-state index in [1.54, 1.807) is 38.3 Å². The molecule has 1 aliphatic heterocycles. The molecule has 0 saturated heterocycles. The van der Waals surface area contributed by atoms with Crippen LogP contribution in [0.25, 0.3) is 0 Å². The largest absolute Gasteiger partial charge is 0.497 e. The summed E-state index contributed by atoms with van der Waals surface area (Å²) in [5.41, 5.74) is 5.26. The average molecular weight is 445 g/mol. The second-order valence-electron chi connectivity index (χ2n) is 8.39. The van der Waals surface area contributed by atoms with E-state index in [2.05, 4.69) is 62.2 Å². The van der Waals surface area contributed by atoms with Gasteiger partial charge in [0.2, 0.25) is 5.91 Å². The SMILES string of the molecule is CC(=O)N(c1ccc(C)cc1)C1CC(C)N(C)c2ccccc21.COc1cccc(C=O)c1. The molecule has 0 radical (unpaired) electrons. The highest BCUT2D eigenvalue weighted by atomic mass is 16.5. The lowest BCUT2D eigenvalue weighted by Crippen LogP contribution is -2.43. The van der Waals surface area contributed by atoms with Gasteiger partial charge in [0, 0.05) is 37.0 Å². The third-order valence-electron chi connectivity index (χ3n) is 6.09. The van der Waals surface area contributed by atoms with Crippen molar-refractivity contribution in [1.82, 2.24) is 0 Å². The van der Waals surface area contributed by atoms with Gasteiger partial charge in [-0.15, -0.1) is 0 Å². The molecule has 3 aromatic rings. The Kier molecular flexibility index (Phi) is 7.88. The van der Waals surface area contributed by atoms with Gasteiger partial charge in [-0.3, -0.25) is 9.59 Å². The maximum absolute atomic E-state index is 12.4. The fourth-order valence-electron chi connectivity index (χ4n) is 4.18. The Morgan fingerprint density at radius 3 is 2.39 bits per heavy atom. The zero-order valence-corrected chi connectivity index (χ0v) is 20.0. The Labute approximate surface area is 196 Å². The van der Waals surface area contributed by atoms with Crippen LogP contribution >= 0.6 is 0 Å². The number of hydrogen-bond acceptors (Lipinski definition) is 4. The number of para-hydroxylation sites is 1. The summed E-state index contributed by atoms with van der Waals surface area (Å²) in [4.78, 5) is 26.9. The van der Waals surface area contributed by atoms with Crippen molar-refractivity contribution in [3.05, 3.63) is 89.5 Å². The summed E-state index contributed by atoms with van der Waals surface area (Å²) in [5.74, 6) is 0.801. The standard InChI is InChI=1S/C20H24N2O.C8H8O2/c1-14-9-11-17(12-10-14)22(16(3)23)20-13-15(2)21(4)19-8-6-5-7-18(19)20;1-10-8-4-2-3-7(5-8)6-9/h5-12,15,20H,13H2,1-4H3;2-6H,1H3. The van der Waals surface area contributed by atoms with Crippen LogP contribution in [0.5, 0.6) is 5.75 Å². The van der Waals surface area contributed by atoms with E-state index in [0.717, 1.165) is 18.4 Å². The minimum absolute atomic E-state index is 0.0811. The molecule has 0 spiro atoms. The van der Waals surface area contributed by atoms with Crippen molar-refractivity contribution < 1.29 is 14.3 Å². The van der Waals surface area contributed by atoms with Crippen molar-refractivity contribution in [3.8, 4) is 5.75 Å². The molecule has 0 aromatic heterocycles. The normalized spacial score (nSPS) is 16.7. The minimum Gasteiger partial charge on any atom is -0.497 e. The molecule has 172 valence electrons. The number of carbonyl (C=O) groups is 2. The highest BCUT2D eigenvalue weighted by molar-refractivity contribution is 5.93. The number of aryl methyl sites for hydroxylation is 1. The van der Waals surface area contributed by atoms with Gasteiger partial charge < -0.3 is 14.5 Å². The van der Waals surface area contributed by atoms with Crippen molar-refractivity contribution in [2.24, 2.45) is 0 Å². The first kappa shape index (κ1) is 24.1. The van der Waals surface area contributed by atoms with Crippen LogP contribution in [0.3, 0.4) is 0 Å². The van der Waals surface area contributed by atoms with E-state index in [4.69, 9.17) is 4.74 Å². The van der Waals surface area contributed by atoms with Crippen molar-refractivity contribution in [3.63, 3.8) is 0 Å². The Hall–Kier alpha value is -3.60. The second-order valence-corrected chi connectivity index (χ2v) is 8.39. The molecule has 5 nitrogen and oxygen atoms in total. The first-order valence-corrected chi connectivity index (χ1v) is 11.1. The highest BCUT2D eigenvalue weighted by Crippen LogP contribution is 2.41. The molecule has 2 unspecified atom stereocenters. The summed E-state index contributed by atoms with van der Waals surface area (Å²) < 4.78 is 4.90. The van der Waals surface area contributed by atoms with Crippen LogP contribution in [0, 0.1) is 6.92 Å². The van der Waals surface area contributed by atoms with E-state index in [0.29, 0.717) is 17.4 Å². The molecule has 0 saturated carbocycles. The molecule has 1 heterocycles. The van der Waals surface area contributed by atoms with Gasteiger partial charge in [-0.05, 0) is 56.2 Å². The lowest BCUT2D eigenvalue weighted by molar-refractivity contribution is -0.117. The Morgan fingerprint density at radius 2 is 1.76 bits per heavy atom. The van der Waals surface area contributed by atoms with Crippen LogP contribution < -0.4 is 14.5 Å². The molecule has 5 heteroatoms. The molecule has 0 fully saturated rings. The number of fused-ring (bicyclic) bond motifs is 1. The predicted molar refractivity (Wildman–Crippen MR) is 134 cm³/mol. The van der Waals surface area contributed by atoms with Gasteiger partial charge >= 0.3 is 0 Å². The quantitative estimate of drug-likeness (QED) is 0.476. The first-order chi connectivity index (χ1) is 15.8. The molecule has 0 bridgehead atoms. The van der Waals surface area contributed by atoms with Gasteiger partial charge in [-0.2, -0.15) is 0 Å². The van der Waals surface area contributed by atoms with E-state index in [1.807, 2.05) is 17.0 Å². The topological polar surface area (TPSA) is 49.9 Å². The molecule has 33 heavy (non-hydrogen) atoms. The van der Waals surface area contributed by atoms with Crippen molar-refractivity contribution in [1.29, 1.82) is 0 Å². The lowest BCUT2D eigenvalue weighted by Gasteiger charge is -2.42. The monoisotopic (exact) mass is 444 g/mol. The van der Waals surface area contributed by atoms with Crippen molar-refractivity contribution in [2.45, 2.75) is 39.3 Å². The Morgan fingerprint density at radius 1 is 1.06 bits per heavy atom. The molecular formula is C28H32N2O3. The number of benzene rings is 3. The molecule has 4 rings (SSSR count). The first-order valence-electron chi connectivity index (χ1n) is 11.1. The summed E-state index contributed by atoms with van der Waals surface area (Å²) >= 11 is 0. The van der Waals surface area contributed by atoms with Crippen LogP contribution in [0.4, 0.5) is 11.4 Å². The zero-order chi connectivity index (χ0) is 24.0. The number of methoxy groups -OCH3 is 1. The summed E-state index contributed by atoms with van der Waals surface area (Å²) in [6, 6.07) is 24.1. The van der Waals surface area contributed by atoms with Crippen LogP contribution in [0.15, 0.2) is 72.8 Å². The molecule has 1 aliphatic rings. The van der Waals surface area contributed by atoms with Crippen molar-refractivity contribution in [2.75, 3.05) is 24.0 Å². The van der Waals surface area contributed by atoms with Gasteiger partial charge in [0.15, 0.2) is 0 Å². The van der Waals surface area contributed by atoms with Crippen LogP contribution in [0.2, 0.25) is 0 Å². The van der Waals surface area contributed by atoms with Gasteiger partial charge in [-0.25, -0.2) is 0 Å². The van der Waals surface area contributed by atoms with Gasteiger partial charge in [0.25, 0.3) is 0 Å². The second kappa shape index (κ2) is 10.8. The molecule has 2 atom stereocenters.